The predicted molar refractivity (Wildman–Crippen MR) is 94.4 cm³/mol. The van der Waals surface area contributed by atoms with E-state index in [-0.39, 0.29) is 17.2 Å². The Labute approximate surface area is 146 Å². The number of carbonyl (C=O) groups excluding carboxylic acids is 2. The molecule has 25 heavy (non-hydrogen) atoms. The molecule has 130 valence electrons. The average molecular weight is 338 g/mol. The lowest BCUT2D eigenvalue weighted by atomic mass is 9.86. The van der Waals surface area contributed by atoms with Crippen LogP contribution in [0.15, 0.2) is 30.3 Å². The number of rotatable bonds is 2. The number of nitrogens with zero attached hydrogens (tertiary/aromatic N) is 3. The Morgan fingerprint density at radius 2 is 1.96 bits per heavy atom. The summed E-state index contributed by atoms with van der Waals surface area (Å²) < 4.78 is 0. The van der Waals surface area contributed by atoms with Crippen LogP contribution < -0.4 is 4.90 Å². The van der Waals surface area contributed by atoms with Gasteiger partial charge in [0.2, 0.25) is 5.91 Å². The molecule has 3 heterocycles. The van der Waals surface area contributed by atoms with Crippen LogP contribution in [0.1, 0.15) is 34.6 Å². The average Bonchev–Trinajstić information content (AvgIpc) is 3.28. The van der Waals surface area contributed by atoms with Crippen LogP contribution in [0.25, 0.3) is 0 Å². The Morgan fingerprint density at radius 3 is 2.64 bits per heavy atom. The smallest absolute Gasteiger partial charge is 0.274 e. The Kier molecular flexibility index (Phi) is 3.63. The molecule has 4 rings (SSSR count). The number of aromatic nitrogens is 2. The lowest BCUT2D eigenvalue weighted by molar-refractivity contribution is -0.117. The molecule has 1 aromatic heterocycles. The molecule has 1 N–H and O–H groups in total. The summed E-state index contributed by atoms with van der Waals surface area (Å²) in [4.78, 5) is 28.9. The topological polar surface area (TPSA) is 69.3 Å². The predicted octanol–water partition coefficient (Wildman–Crippen LogP) is 2.30. The molecule has 6 nitrogen and oxygen atoms in total. The summed E-state index contributed by atoms with van der Waals surface area (Å²) in [5, 5.41) is 6.88. The van der Waals surface area contributed by atoms with Crippen molar-refractivity contribution in [2.75, 3.05) is 24.5 Å². The van der Waals surface area contributed by atoms with E-state index in [2.05, 4.69) is 10.2 Å². The van der Waals surface area contributed by atoms with Gasteiger partial charge in [0, 0.05) is 42.9 Å². The molecule has 1 atom stereocenters. The fraction of sp³-hybridized carbons (Fsp3) is 0.421. The number of anilines is 1. The Bertz CT molecular complexity index is 826. The van der Waals surface area contributed by atoms with E-state index >= 15 is 0 Å². The standard InChI is InChI=1S/C19H22N4O2/c1-13-3-5-15(6-4-13)23-12-19(10-17(23)24)7-8-22(11-19)18(25)16-9-14(2)20-21-16/h3-6,9H,7-8,10-12H2,1-2H3,(H,20,21)/t19-/m0/s1. The minimum atomic E-state index is -0.136. The largest absolute Gasteiger partial charge is 0.337 e. The van der Waals surface area contributed by atoms with Crippen LogP contribution in [0.2, 0.25) is 0 Å². The maximum Gasteiger partial charge on any atom is 0.274 e. The summed E-state index contributed by atoms with van der Waals surface area (Å²) in [5.41, 5.74) is 3.31. The normalized spacial score (nSPS) is 23.0. The first-order chi connectivity index (χ1) is 12.0. The fourth-order valence-electron chi connectivity index (χ4n) is 3.93. The van der Waals surface area contributed by atoms with Crippen molar-refractivity contribution in [1.82, 2.24) is 15.1 Å². The third-order valence-electron chi connectivity index (χ3n) is 5.32. The summed E-state index contributed by atoms with van der Waals surface area (Å²) >= 11 is 0. The monoisotopic (exact) mass is 338 g/mol. The summed E-state index contributed by atoms with van der Waals surface area (Å²) in [5.74, 6) is 0.0937. The first-order valence-electron chi connectivity index (χ1n) is 8.64. The lowest BCUT2D eigenvalue weighted by Gasteiger charge is -2.24. The number of aryl methyl sites for hydroxylation is 2. The van der Waals surface area contributed by atoms with E-state index in [0.29, 0.717) is 31.7 Å². The van der Waals surface area contributed by atoms with Gasteiger partial charge in [0.1, 0.15) is 5.69 Å². The van der Waals surface area contributed by atoms with E-state index in [0.717, 1.165) is 17.8 Å². The number of carbonyl (C=O) groups is 2. The summed E-state index contributed by atoms with van der Waals surface area (Å²) in [7, 11) is 0. The second kappa shape index (κ2) is 5.72. The van der Waals surface area contributed by atoms with Crippen molar-refractivity contribution in [2.45, 2.75) is 26.7 Å². The highest BCUT2D eigenvalue weighted by Crippen LogP contribution is 2.42. The van der Waals surface area contributed by atoms with Gasteiger partial charge in [0.25, 0.3) is 5.91 Å². The molecular weight excluding hydrogens is 316 g/mol. The highest BCUT2D eigenvalue weighted by molar-refractivity contribution is 5.97. The highest BCUT2D eigenvalue weighted by Gasteiger charge is 2.49. The molecule has 2 aliphatic rings. The molecule has 1 aromatic carbocycles. The SMILES string of the molecule is Cc1ccc(N2C[C@@]3(CCN(C(=O)c4cc(C)[nH]n4)C3)CC2=O)cc1. The first kappa shape index (κ1) is 15.9. The van der Waals surface area contributed by atoms with Gasteiger partial charge >= 0.3 is 0 Å². The van der Waals surface area contributed by atoms with Crippen molar-refractivity contribution in [3.8, 4) is 0 Å². The summed E-state index contributed by atoms with van der Waals surface area (Å²) in [6.45, 7) is 5.89. The van der Waals surface area contributed by atoms with Crippen molar-refractivity contribution in [1.29, 1.82) is 0 Å². The molecule has 2 amide bonds. The molecule has 2 aliphatic heterocycles. The maximum absolute atomic E-state index is 12.6. The molecule has 0 radical (unpaired) electrons. The third-order valence-corrected chi connectivity index (χ3v) is 5.32. The maximum atomic E-state index is 12.6. The zero-order valence-electron chi connectivity index (χ0n) is 14.6. The van der Waals surface area contributed by atoms with Crippen molar-refractivity contribution in [3.05, 3.63) is 47.3 Å². The molecular formula is C19H22N4O2. The van der Waals surface area contributed by atoms with Crippen molar-refractivity contribution in [2.24, 2.45) is 5.41 Å². The fourth-order valence-corrected chi connectivity index (χ4v) is 3.93. The van der Waals surface area contributed by atoms with Gasteiger partial charge in [-0.3, -0.25) is 14.7 Å². The molecule has 1 spiro atoms. The number of nitrogens with one attached hydrogen (secondary N) is 1. The van der Waals surface area contributed by atoms with E-state index < -0.39 is 0 Å². The van der Waals surface area contributed by atoms with E-state index in [1.165, 1.54) is 5.56 Å². The minimum Gasteiger partial charge on any atom is -0.337 e. The van der Waals surface area contributed by atoms with Crippen LogP contribution in [0.3, 0.4) is 0 Å². The van der Waals surface area contributed by atoms with Crippen LogP contribution in [0.5, 0.6) is 0 Å². The highest BCUT2D eigenvalue weighted by atomic mass is 16.2. The van der Waals surface area contributed by atoms with Gasteiger partial charge in [0.15, 0.2) is 0 Å². The third kappa shape index (κ3) is 2.81. The van der Waals surface area contributed by atoms with Crippen LogP contribution in [-0.4, -0.2) is 46.5 Å². The Morgan fingerprint density at radius 1 is 1.20 bits per heavy atom. The Hall–Kier alpha value is -2.63. The zero-order chi connectivity index (χ0) is 17.6. The van der Waals surface area contributed by atoms with Gasteiger partial charge in [-0.1, -0.05) is 17.7 Å². The van der Waals surface area contributed by atoms with Crippen LogP contribution in [0, 0.1) is 19.3 Å². The molecule has 6 heteroatoms. The molecule has 2 saturated heterocycles. The van der Waals surface area contributed by atoms with E-state index in [4.69, 9.17) is 0 Å². The number of hydrogen-bond donors (Lipinski definition) is 1. The van der Waals surface area contributed by atoms with Crippen molar-refractivity contribution in [3.63, 3.8) is 0 Å². The number of benzene rings is 1. The minimum absolute atomic E-state index is 0.0533. The second-order valence-corrected chi connectivity index (χ2v) is 7.41. The molecule has 0 aliphatic carbocycles. The number of amides is 2. The quantitative estimate of drug-likeness (QED) is 0.913. The van der Waals surface area contributed by atoms with Crippen LogP contribution in [-0.2, 0) is 4.79 Å². The van der Waals surface area contributed by atoms with Gasteiger partial charge in [-0.25, -0.2) is 0 Å². The molecule has 0 unspecified atom stereocenters. The number of hydrogen-bond acceptors (Lipinski definition) is 3. The second-order valence-electron chi connectivity index (χ2n) is 7.41. The van der Waals surface area contributed by atoms with Gasteiger partial charge in [-0.05, 0) is 38.5 Å². The van der Waals surface area contributed by atoms with Crippen molar-refractivity contribution < 1.29 is 9.59 Å². The van der Waals surface area contributed by atoms with E-state index in [1.807, 2.05) is 47.9 Å². The molecule has 2 aromatic rings. The summed E-state index contributed by atoms with van der Waals surface area (Å²) in [6, 6.07) is 9.81. The van der Waals surface area contributed by atoms with Gasteiger partial charge in [-0.15, -0.1) is 0 Å². The number of likely N-dealkylation sites (tertiary alicyclic amines) is 1. The zero-order valence-corrected chi connectivity index (χ0v) is 14.6. The van der Waals surface area contributed by atoms with Gasteiger partial charge in [-0.2, -0.15) is 5.10 Å². The van der Waals surface area contributed by atoms with Gasteiger partial charge in [0.05, 0.1) is 0 Å². The molecule has 0 bridgehead atoms. The van der Waals surface area contributed by atoms with Crippen LogP contribution >= 0.6 is 0 Å². The lowest BCUT2D eigenvalue weighted by Crippen LogP contribution is -2.34. The Balaban J connectivity index is 1.50. The first-order valence-corrected chi connectivity index (χ1v) is 8.64. The van der Waals surface area contributed by atoms with Gasteiger partial charge < -0.3 is 9.80 Å². The number of aromatic amines is 1. The van der Waals surface area contributed by atoms with Crippen LogP contribution in [0.4, 0.5) is 5.69 Å². The van der Waals surface area contributed by atoms with E-state index in [1.54, 1.807) is 6.07 Å². The van der Waals surface area contributed by atoms with Crippen molar-refractivity contribution >= 4 is 17.5 Å². The summed E-state index contributed by atoms with van der Waals surface area (Å²) in [6.07, 6.45) is 1.36. The molecule has 2 fully saturated rings. The number of H-pyrrole nitrogens is 1. The van der Waals surface area contributed by atoms with E-state index in [9.17, 15) is 9.59 Å². The molecule has 0 saturated carbocycles.